The summed E-state index contributed by atoms with van der Waals surface area (Å²) in [5, 5.41) is 5.66. The van der Waals surface area contributed by atoms with Crippen LogP contribution in [0.3, 0.4) is 0 Å². The van der Waals surface area contributed by atoms with Crippen molar-refractivity contribution in [3.8, 4) is 5.75 Å². The van der Waals surface area contributed by atoms with Crippen LogP contribution in [0.1, 0.15) is 18.2 Å². The molecule has 27 heavy (non-hydrogen) atoms. The van der Waals surface area contributed by atoms with Gasteiger partial charge < -0.3 is 19.9 Å². The Bertz CT molecular complexity index is 890. The zero-order chi connectivity index (χ0) is 19.1. The molecule has 0 aliphatic rings. The Morgan fingerprint density at radius 1 is 1.07 bits per heavy atom. The van der Waals surface area contributed by atoms with Crippen LogP contribution in [-0.4, -0.2) is 17.2 Å². The molecule has 2 N–H and O–H groups in total. The Morgan fingerprint density at radius 2 is 1.85 bits per heavy atom. The van der Waals surface area contributed by atoms with Gasteiger partial charge in [0.05, 0.1) is 18.8 Å². The molecule has 3 rings (SSSR count). The Labute approximate surface area is 157 Å². The Morgan fingerprint density at radius 3 is 2.63 bits per heavy atom. The minimum atomic E-state index is -0.309. The number of benzene rings is 2. The molecular formula is C21H22FN3O2. The number of para-hydroxylation sites is 2. The van der Waals surface area contributed by atoms with Gasteiger partial charge in [-0.1, -0.05) is 24.3 Å². The van der Waals surface area contributed by atoms with Crippen LogP contribution in [0.5, 0.6) is 5.75 Å². The number of halogens is 1. The molecule has 0 radical (unpaired) electrons. The normalized spacial score (nSPS) is 10.4. The van der Waals surface area contributed by atoms with Crippen LogP contribution >= 0.6 is 0 Å². The van der Waals surface area contributed by atoms with Crippen molar-refractivity contribution in [3.05, 3.63) is 83.9 Å². The van der Waals surface area contributed by atoms with Gasteiger partial charge in [0.1, 0.15) is 11.6 Å². The van der Waals surface area contributed by atoms with E-state index in [0.717, 1.165) is 11.3 Å². The number of amides is 2. The van der Waals surface area contributed by atoms with Crippen molar-refractivity contribution in [3.63, 3.8) is 0 Å². The maximum Gasteiger partial charge on any atom is 0.319 e. The average molecular weight is 367 g/mol. The summed E-state index contributed by atoms with van der Waals surface area (Å²) >= 11 is 0. The molecule has 140 valence electrons. The van der Waals surface area contributed by atoms with Crippen LogP contribution < -0.4 is 15.4 Å². The third-order valence-corrected chi connectivity index (χ3v) is 4.05. The Kier molecular flexibility index (Phi) is 6.10. The lowest BCUT2D eigenvalue weighted by molar-refractivity contribution is 0.251. The van der Waals surface area contributed by atoms with E-state index in [1.807, 2.05) is 48.0 Å². The zero-order valence-electron chi connectivity index (χ0n) is 15.1. The number of nitrogens with zero attached hydrogens (tertiary/aromatic N) is 1. The van der Waals surface area contributed by atoms with Gasteiger partial charge in [-0.15, -0.1) is 0 Å². The monoisotopic (exact) mass is 367 g/mol. The number of urea groups is 1. The average Bonchev–Trinajstić information content (AvgIpc) is 3.11. The van der Waals surface area contributed by atoms with E-state index in [0.29, 0.717) is 31.1 Å². The lowest BCUT2D eigenvalue weighted by atomic mass is 10.2. The molecule has 1 heterocycles. The smallest absolute Gasteiger partial charge is 0.319 e. The van der Waals surface area contributed by atoms with Gasteiger partial charge >= 0.3 is 6.03 Å². The first kappa shape index (κ1) is 18.5. The molecule has 6 heteroatoms. The fourth-order valence-electron chi connectivity index (χ4n) is 2.74. The third-order valence-electron chi connectivity index (χ3n) is 4.05. The summed E-state index contributed by atoms with van der Waals surface area (Å²) in [4.78, 5) is 12.2. The molecule has 0 aliphatic carbocycles. The third kappa shape index (κ3) is 5.10. The first-order valence-corrected chi connectivity index (χ1v) is 8.81. The highest BCUT2D eigenvalue weighted by molar-refractivity contribution is 5.90. The second-order valence-corrected chi connectivity index (χ2v) is 5.99. The molecule has 5 nitrogen and oxygen atoms in total. The molecule has 2 amide bonds. The molecule has 0 saturated heterocycles. The van der Waals surface area contributed by atoms with Gasteiger partial charge in [-0.25, -0.2) is 9.18 Å². The van der Waals surface area contributed by atoms with Gasteiger partial charge in [-0.3, -0.25) is 0 Å². The Balaban J connectivity index is 1.58. The van der Waals surface area contributed by atoms with Crippen molar-refractivity contribution >= 4 is 11.7 Å². The van der Waals surface area contributed by atoms with Crippen molar-refractivity contribution in [2.75, 3.05) is 11.9 Å². The van der Waals surface area contributed by atoms with Crippen molar-refractivity contribution < 1.29 is 13.9 Å². The highest BCUT2D eigenvalue weighted by Gasteiger charge is 2.08. The predicted molar refractivity (Wildman–Crippen MR) is 103 cm³/mol. The molecule has 0 saturated carbocycles. The number of hydrogen-bond acceptors (Lipinski definition) is 2. The van der Waals surface area contributed by atoms with Crippen molar-refractivity contribution in [2.45, 2.75) is 20.0 Å². The summed E-state index contributed by atoms with van der Waals surface area (Å²) in [7, 11) is 0. The van der Waals surface area contributed by atoms with E-state index in [2.05, 4.69) is 10.6 Å². The van der Waals surface area contributed by atoms with E-state index in [1.165, 1.54) is 12.1 Å². The van der Waals surface area contributed by atoms with Crippen molar-refractivity contribution in [2.24, 2.45) is 0 Å². The molecule has 1 aromatic heterocycles. The number of ether oxygens (including phenoxy) is 1. The number of carbonyl (C=O) groups is 1. The first-order valence-electron chi connectivity index (χ1n) is 8.81. The van der Waals surface area contributed by atoms with Crippen molar-refractivity contribution in [1.29, 1.82) is 0 Å². The van der Waals surface area contributed by atoms with Crippen LogP contribution in [0.2, 0.25) is 0 Å². The molecule has 0 atom stereocenters. The fraction of sp³-hybridized carbons (Fsp3) is 0.190. The van der Waals surface area contributed by atoms with Gasteiger partial charge in [0.2, 0.25) is 0 Å². The topological polar surface area (TPSA) is 55.3 Å². The summed E-state index contributed by atoms with van der Waals surface area (Å²) in [5.74, 6) is 0.381. The fourth-order valence-corrected chi connectivity index (χ4v) is 2.74. The maximum atomic E-state index is 13.0. The number of anilines is 1. The summed E-state index contributed by atoms with van der Waals surface area (Å²) in [6.07, 6.45) is 1.93. The second kappa shape index (κ2) is 8.89. The van der Waals surface area contributed by atoms with Crippen LogP contribution in [0, 0.1) is 5.82 Å². The zero-order valence-corrected chi connectivity index (χ0v) is 15.1. The highest BCUT2D eigenvalue weighted by Crippen LogP contribution is 2.23. The summed E-state index contributed by atoms with van der Waals surface area (Å²) in [6, 6.07) is 17.3. The van der Waals surface area contributed by atoms with Gasteiger partial charge in [0, 0.05) is 18.4 Å². The number of carbonyl (C=O) groups excluding carboxylic acids is 1. The molecule has 0 unspecified atom stereocenters. The minimum absolute atomic E-state index is 0.253. The first-order chi connectivity index (χ1) is 13.2. The largest absolute Gasteiger partial charge is 0.492 e. The van der Waals surface area contributed by atoms with Crippen LogP contribution in [0.4, 0.5) is 14.9 Å². The minimum Gasteiger partial charge on any atom is -0.492 e. The van der Waals surface area contributed by atoms with E-state index in [1.54, 1.807) is 18.2 Å². The number of hydrogen-bond donors (Lipinski definition) is 2. The lowest BCUT2D eigenvalue weighted by Crippen LogP contribution is -2.29. The molecule has 2 aromatic carbocycles. The van der Waals surface area contributed by atoms with Gasteiger partial charge in [0.25, 0.3) is 0 Å². The Hall–Kier alpha value is -3.28. The van der Waals surface area contributed by atoms with Crippen LogP contribution in [-0.2, 0) is 13.1 Å². The van der Waals surface area contributed by atoms with E-state index in [4.69, 9.17) is 4.74 Å². The lowest BCUT2D eigenvalue weighted by Gasteiger charge is -2.13. The summed E-state index contributed by atoms with van der Waals surface area (Å²) in [6.45, 7) is 3.40. The van der Waals surface area contributed by atoms with Gasteiger partial charge in [0.15, 0.2) is 0 Å². The molecule has 0 aliphatic heterocycles. The SMILES string of the molecule is CCOc1ccccc1NC(=O)NCc1cccn1Cc1ccc(F)cc1. The maximum absolute atomic E-state index is 13.0. The van der Waals surface area contributed by atoms with E-state index >= 15 is 0 Å². The quantitative estimate of drug-likeness (QED) is 0.650. The van der Waals surface area contributed by atoms with Crippen molar-refractivity contribution in [1.82, 2.24) is 9.88 Å². The number of rotatable bonds is 7. The number of aromatic nitrogens is 1. The van der Waals surface area contributed by atoms with Crippen LogP contribution in [0.15, 0.2) is 66.9 Å². The summed E-state index contributed by atoms with van der Waals surface area (Å²) < 4.78 is 20.6. The molecular weight excluding hydrogens is 345 g/mol. The van der Waals surface area contributed by atoms with Gasteiger partial charge in [-0.05, 0) is 48.9 Å². The van der Waals surface area contributed by atoms with E-state index < -0.39 is 0 Å². The summed E-state index contributed by atoms with van der Waals surface area (Å²) in [5.41, 5.74) is 2.56. The standard InChI is InChI=1S/C21H22FN3O2/c1-2-27-20-8-4-3-7-19(20)24-21(26)23-14-18-6-5-13-25(18)15-16-9-11-17(22)12-10-16/h3-13H,2,14-15H2,1H3,(H2,23,24,26). The number of nitrogens with one attached hydrogen (secondary N) is 2. The van der Waals surface area contributed by atoms with E-state index in [-0.39, 0.29) is 11.8 Å². The predicted octanol–water partition coefficient (Wildman–Crippen LogP) is 4.40. The molecule has 0 bridgehead atoms. The molecule has 3 aromatic rings. The van der Waals surface area contributed by atoms with E-state index in [9.17, 15) is 9.18 Å². The molecule has 0 spiro atoms. The molecule has 0 fully saturated rings. The second-order valence-electron chi connectivity index (χ2n) is 5.99. The highest BCUT2D eigenvalue weighted by atomic mass is 19.1. The van der Waals surface area contributed by atoms with Crippen LogP contribution in [0.25, 0.3) is 0 Å². The van der Waals surface area contributed by atoms with Gasteiger partial charge in [-0.2, -0.15) is 0 Å².